The molecule has 0 bridgehead atoms. The molecule has 0 aliphatic heterocycles. The zero-order chi connectivity index (χ0) is 16.4. The Hall–Kier alpha value is -0.210. The van der Waals surface area contributed by atoms with E-state index in [-0.39, 0.29) is 23.1 Å². The number of aliphatic hydroxyl groups is 1. The Balaban J connectivity index is 3.25. The first-order chi connectivity index (χ1) is 9.51. The number of rotatable bonds is 5. The van der Waals surface area contributed by atoms with E-state index in [1.165, 1.54) is 6.07 Å². The molecule has 120 valence electrons. The summed E-state index contributed by atoms with van der Waals surface area (Å²) in [7, 11) is 0. The zero-order valence-electron chi connectivity index (χ0n) is 12.5. The second kappa shape index (κ2) is 6.91. The number of benzene rings is 1. The maximum absolute atomic E-state index is 14.1. The molecule has 0 saturated heterocycles. The van der Waals surface area contributed by atoms with Crippen LogP contribution in [-0.2, 0) is 16.9 Å². The van der Waals surface area contributed by atoms with Gasteiger partial charge in [-0.05, 0) is 56.1 Å². The van der Waals surface area contributed by atoms with E-state index in [1.807, 2.05) is 0 Å². The van der Waals surface area contributed by atoms with Crippen molar-refractivity contribution in [1.29, 1.82) is 0 Å². The van der Waals surface area contributed by atoms with Gasteiger partial charge in [-0.2, -0.15) is 0 Å². The Morgan fingerprint density at radius 3 is 2.29 bits per heavy atom. The molecule has 7 heteroatoms. The first-order valence-corrected chi connectivity index (χ1v) is 8.41. The smallest absolute Gasteiger partial charge is 0.140 e. The minimum atomic E-state index is -1.47. The number of hydrogen-bond donors (Lipinski definition) is 2. The lowest BCUT2D eigenvalue weighted by Gasteiger charge is -2.35. The van der Waals surface area contributed by atoms with E-state index in [2.05, 4.69) is 20.7 Å². The van der Waals surface area contributed by atoms with E-state index >= 15 is 0 Å². The van der Waals surface area contributed by atoms with Crippen molar-refractivity contribution in [2.75, 3.05) is 6.61 Å². The van der Waals surface area contributed by atoms with Gasteiger partial charge in [-0.25, -0.2) is 8.78 Å². The van der Waals surface area contributed by atoms with Crippen LogP contribution in [0.15, 0.2) is 16.6 Å². The highest BCUT2D eigenvalue weighted by molar-refractivity contribution is 9.10. The van der Waals surface area contributed by atoms with Crippen molar-refractivity contribution in [3.63, 3.8) is 0 Å². The number of halogens is 3. The quantitative estimate of drug-likeness (QED) is 0.605. The van der Waals surface area contributed by atoms with E-state index < -0.39 is 33.3 Å². The van der Waals surface area contributed by atoms with Crippen molar-refractivity contribution in [3.05, 3.63) is 33.8 Å². The molecule has 2 N–H and O–H groups in total. The van der Waals surface area contributed by atoms with E-state index in [9.17, 15) is 18.4 Å². The Morgan fingerprint density at radius 2 is 1.81 bits per heavy atom. The number of hydrogen-bond acceptors (Lipinski definition) is 3. The zero-order valence-corrected chi connectivity index (χ0v) is 14.9. The van der Waals surface area contributed by atoms with Gasteiger partial charge < -0.3 is 9.66 Å². The van der Waals surface area contributed by atoms with E-state index in [0.717, 1.165) is 6.07 Å². The average molecular weight is 384 g/mol. The van der Waals surface area contributed by atoms with Gasteiger partial charge in [-0.3, -0.25) is 0 Å². The Labute approximate surface area is 135 Å². The molecule has 0 aliphatic carbocycles. The van der Waals surface area contributed by atoms with Gasteiger partial charge in [0.15, 0.2) is 0 Å². The molecule has 1 rings (SSSR count). The predicted molar refractivity (Wildman–Crippen MR) is 84.1 cm³/mol. The van der Waals surface area contributed by atoms with Crippen LogP contribution in [0.25, 0.3) is 0 Å². The molecule has 0 spiro atoms. The van der Waals surface area contributed by atoms with Crippen LogP contribution in [0.1, 0.15) is 39.7 Å². The summed E-state index contributed by atoms with van der Waals surface area (Å²) in [5.41, 5.74) is -0.921. The fourth-order valence-corrected chi connectivity index (χ4v) is 3.04. The summed E-state index contributed by atoms with van der Waals surface area (Å²) < 4.78 is 42.2. The first kappa shape index (κ1) is 18.8. The fraction of sp³-hybridized carbons (Fsp3) is 0.571. The van der Waals surface area contributed by atoms with E-state index in [4.69, 9.17) is 0 Å². The monoisotopic (exact) mass is 383 g/mol. The summed E-state index contributed by atoms with van der Waals surface area (Å²) in [6.07, 6.45) is 0.143. The summed E-state index contributed by atoms with van der Waals surface area (Å²) in [6.45, 7) is 6.76. The molecule has 21 heavy (non-hydrogen) atoms. The van der Waals surface area contributed by atoms with Crippen molar-refractivity contribution in [2.45, 2.75) is 44.4 Å². The second-order valence-corrected chi connectivity index (χ2v) is 8.86. The summed E-state index contributed by atoms with van der Waals surface area (Å²) >= 11 is 1.56. The maximum atomic E-state index is 14.1. The molecule has 0 aliphatic rings. The molecular formula is C14H20BrF2NO2S. The molecule has 0 aromatic heterocycles. The molecule has 0 amide bonds. The lowest BCUT2D eigenvalue weighted by molar-refractivity contribution is 0.234. The lowest BCUT2D eigenvalue weighted by Crippen LogP contribution is -2.50. The minimum absolute atomic E-state index is 0.117. The van der Waals surface area contributed by atoms with Gasteiger partial charge in [0.25, 0.3) is 0 Å². The van der Waals surface area contributed by atoms with E-state index in [1.54, 1.807) is 27.7 Å². The molecule has 0 saturated carbocycles. The van der Waals surface area contributed by atoms with Gasteiger partial charge in [0.1, 0.15) is 16.4 Å². The molecule has 0 heterocycles. The van der Waals surface area contributed by atoms with Crippen LogP contribution in [0, 0.1) is 11.6 Å². The largest absolute Gasteiger partial charge is 0.598 e. The Kier molecular flexibility index (Phi) is 6.20. The SMILES string of the molecule is CC(C)(C)[S+]([O-])N[C@@](C)(CCO)c1cc(Br)c(F)cc1F. The van der Waals surface area contributed by atoms with Crippen molar-refractivity contribution in [3.8, 4) is 0 Å². The molecule has 2 atom stereocenters. The number of aliphatic hydroxyl groups excluding tert-OH is 1. The van der Waals surface area contributed by atoms with Crippen LogP contribution >= 0.6 is 15.9 Å². The third-order valence-corrected chi connectivity index (χ3v) is 5.45. The molecular weight excluding hydrogens is 364 g/mol. The van der Waals surface area contributed by atoms with E-state index in [0.29, 0.717) is 0 Å². The summed E-state index contributed by atoms with van der Waals surface area (Å²) in [6, 6.07) is 2.09. The van der Waals surface area contributed by atoms with Crippen LogP contribution in [0.4, 0.5) is 8.78 Å². The van der Waals surface area contributed by atoms with Gasteiger partial charge >= 0.3 is 0 Å². The van der Waals surface area contributed by atoms with Crippen molar-refractivity contribution in [1.82, 2.24) is 4.72 Å². The molecule has 1 aromatic carbocycles. The second-order valence-electron chi connectivity index (χ2n) is 6.04. The van der Waals surface area contributed by atoms with Crippen LogP contribution in [0.3, 0.4) is 0 Å². The molecule has 0 radical (unpaired) electrons. The maximum Gasteiger partial charge on any atom is 0.140 e. The minimum Gasteiger partial charge on any atom is -0.598 e. The van der Waals surface area contributed by atoms with Crippen LogP contribution in [-0.4, -0.2) is 21.0 Å². The average Bonchev–Trinajstić information content (AvgIpc) is 2.32. The molecule has 3 nitrogen and oxygen atoms in total. The molecule has 1 unspecified atom stereocenters. The first-order valence-electron chi connectivity index (χ1n) is 6.47. The Bertz CT molecular complexity index is 510. The van der Waals surface area contributed by atoms with Crippen molar-refractivity contribution < 1.29 is 18.4 Å². The number of nitrogens with one attached hydrogen (secondary N) is 1. The fourth-order valence-electron chi connectivity index (χ4n) is 1.77. The van der Waals surface area contributed by atoms with Crippen LogP contribution in [0.2, 0.25) is 0 Å². The summed E-state index contributed by atoms with van der Waals surface area (Å²) in [5, 5.41) is 9.25. The summed E-state index contributed by atoms with van der Waals surface area (Å²) in [5.74, 6) is -1.45. The topological polar surface area (TPSA) is 55.3 Å². The molecule has 1 aromatic rings. The van der Waals surface area contributed by atoms with Crippen LogP contribution in [0.5, 0.6) is 0 Å². The predicted octanol–water partition coefficient (Wildman–Crippen LogP) is 3.38. The lowest BCUT2D eigenvalue weighted by atomic mass is 9.89. The standard InChI is InChI=1S/C14H20BrF2NO2S/c1-13(2,3)21(20)18-14(4,5-6-19)9-7-10(15)12(17)8-11(9)16/h7-8,18-19H,5-6H2,1-4H3/t14-,21?/m0/s1. The van der Waals surface area contributed by atoms with Crippen molar-refractivity contribution >= 4 is 27.3 Å². The third kappa shape index (κ3) is 4.63. The normalized spacial score (nSPS) is 16.6. The highest BCUT2D eigenvalue weighted by Gasteiger charge is 2.38. The van der Waals surface area contributed by atoms with Gasteiger partial charge in [0.2, 0.25) is 0 Å². The third-order valence-electron chi connectivity index (χ3n) is 3.09. The van der Waals surface area contributed by atoms with Gasteiger partial charge in [0, 0.05) is 29.6 Å². The molecule has 0 fully saturated rings. The van der Waals surface area contributed by atoms with Gasteiger partial charge in [0.05, 0.1) is 10.0 Å². The van der Waals surface area contributed by atoms with Gasteiger partial charge in [-0.15, -0.1) is 4.72 Å². The summed E-state index contributed by atoms with van der Waals surface area (Å²) in [4.78, 5) is 0. The Morgan fingerprint density at radius 1 is 1.24 bits per heavy atom. The van der Waals surface area contributed by atoms with Crippen LogP contribution < -0.4 is 4.72 Å². The highest BCUT2D eigenvalue weighted by Crippen LogP contribution is 2.33. The van der Waals surface area contributed by atoms with Crippen molar-refractivity contribution in [2.24, 2.45) is 0 Å². The highest BCUT2D eigenvalue weighted by atomic mass is 79.9. The van der Waals surface area contributed by atoms with Gasteiger partial charge in [-0.1, -0.05) is 0 Å².